The largest absolute Gasteiger partial charge is 0.381 e. The fourth-order valence-electron chi connectivity index (χ4n) is 6.60. The first kappa shape index (κ1) is 28.8. The van der Waals surface area contributed by atoms with Gasteiger partial charge in [0, 0.05) is 85.3 Å². The van der Waals surface area contributed by atoms with Crippen molar-refractivity contribution in [2.45, 2.75) is 70.4 Å². The van der Waals surface area contributed by atoms with Gasteiger partial charge in [-0.05, 0) is 89.7 Å². The predicted octanol–water partition coefficient (Wildman–Crippen LogP) is 4.88. The Bertz CT molecular complexity index is 1360. The lowest BCUT2D eigenvalue weighted by molar-refractivity contribution is -0.126. The zero-order valence-electron chi connectivity index (χ0n) is 25.1. The van der Waals surface area contributed by atoms with Gasteiger partial charge in [-0.1, -0.05) is 6.42 Å². The second-order valence-electron chi connectivity index (χ2n) is 12.7. The quantitative estimate of drug-likeness (QED) is 0.395. The third-order valence-electron chi connectivity index (χ3n) is 9.31. The molecule has 3 fully saturated rings. The van der Waals surface area contributed by atoms with Gasteiger partial charge in [0.1, 0.15) is 11.6 Å². The lowest BCUT2D eigenvalue weighted by Crippen LogP contribution is -2.54. The van der Waals surface area contributed by atoms with Crippen molar-refractivity contribution >= 4 is 28.3 Å². The van der Waals surface area contributed by atoms with Crippen LogP contribution in [0.5, 0.6) is 0 Å². The summed E-state index contributed by atoms with van der Waals surface area (Å²) in [6.07, 6.45) is 13.0. The molecule has 224 valence electrons. The summed E-state index contributed by atoms with van der Waals surface area (Å²) in [6, 6.07) is 8.65. The number of likely N-dealkylation sites (tertiary alicyclic amines) is 1. The van der Waals surface area contributed by atoms with Crippen LogP contribution in [0.15, 0.2) is 42.9 Å². The molecule has 42 heavy (non-hydrogen) atoms. The van der Waals surface area contributed by atoms with E-state index in [1.54, 1.807) is 0 Å². The van der Waals surface area contributed by atoms with E-state index >= 15 is 0 Å². The zero-order valence-corrected chi connectivity index (χ0v) is 25.1. The number of carbonyl (C=O) groups is 1. The second-order valence-corrected chi connectivity index (χ2v) is 12.7. The highest BCUT2D eigenvalue weighted by atomic mass is 16.5. The summed E-state index contributed by atoms with van der Waals surface area (Å²) in [4.78, 5) is 32.2. The Morgan fingerprint density at radius 3 is 2.57 bits per heavy atom. The highest BCUT2D eigenvalue weighted by Crippen LogP contribution is 2.33. The molecule has 0 unspecified atom stereocenters. The molecule has 3 aromatic heterocycles. The van der Waals surface area contributed by atoms with Crippen LogP contribution in [0.2, 0.25) is 0 Å². The number of fused-ring (bicyclic) bond motifs is 1. The summed E-state index contributed by atoms with van der Waals surface area (Å²) in [6.45, 7) is 10.6. The van der Waals surface area contributed by atoms with Crippen LogP contribution < -0.4 is 15.5 Å². The smallest absolute Gasteiger partial charge is 0.223 e. The van der Waals surface area contributed by atoms with E-state index in [-0.39, 0.29) is 17.4 Å². The van der Waals surface area contributed by atoms with Crippen LogP contribution in [0, 0.1) is 5.92 Å². The van der Waals surface area contributed by atoms with E-state index in [1.807, 2.05) is 30.7 Å². The molecular formula is C33H45N7O2. The van der Waals surface area contributed by atoms with Gasteiger partial charge in [0.05, 0.1) is 5.69 Å². The van der Waals surface area contributed by atoms with Gasteiger partial charge in [0.25, 0.3) is 0 Å². The van der Waals surface area contributed by atoms with Crippen LogP contribution >= 0.6 is 0 Å². The van der Waals surface area contributed by atoms with E-state index in [0.717, 1.165) is 98.7 Å². The first-order valence-corrected chi connectivity index (χ1v) is 15.8. The van der Waals surface area contributed by atoms with E-state index in [2.05, 4.69) is 56.4 Å². The van der Waals surface area contributed by atoms with Gasteiger partial charge in [-0.2, -0.15) is 0 Å². The van der Waals surface area contributed by atoms with Crippen molar-refractivity contribution in [2.75, 3.05) is 56.2 Å². The maximum atomic E-state index is 13.2. The Morgan fingerprint density at radius 1 is 1.00 bits per heavy atom. The van der Waals surface area contributed by atoms with Crippen molar-refractivity contribution in [3.8, 4) is 11.3 Å². The van der Waals surface area contributed by atoms with Crippen molar-refractivity contribution in [3.05, 3.63) is 42.9 Å². The molecule has 0 spiro atoms. The lowest BCUT2D eigenvalue weighted by Gasteiger charge is -2.41. The number of rotatable bonds is 8. The number of aromatic nitrogens is 3. The van der Waals surface area contributed by atoms with Gasteiger partial charge in [0.2, 0.25) is 5.91 Å². The molecule has 6 rings (SSSR count). The standard InChI is InChI=1S/C33H45N7O2/c1-33(2,40-14-4-3-5-15-40)23-36-32(41)24-8-16-39(17-9-24)31-28-7-12-34-22-26(28)20-29(38-31)25-6-13-35-30(21-25)37-27-10-18-42-19-11-27/h6-7,12-13,20-22,24,27H,3-5,8-11,14-19,23H2,1-2H3,(H,35,37)(H,36,41). The molecule has 3 aromatic rings. The molecule has 6 heterocycles. The number of nitrogens with one attached hydrogen (secondary N) is 2. The van der Waals surface area contributed by atoms with Crippen LogP contribution in [-0.2, 0) is 9.53 Å². The SMILES string of the molecule is CC(C)(CNC(=O)C1CCN(c2nc(-c3ccnc(NC4CCOCC4)c3)cc3cnccc23)CC1)N1CCCCC1. The van der Waals surface area contributed by atoms with Gasteiger partial charge >= 0.3 is 0 Å². The third-order valence-corrected chi connectivity index (χ3v) is 9.31. The van der Waals surface area contributed by atoms with E-state index in [1.165, 1.54) is 19.3 Å². The molecule has 9 heteroatoms. The monoisotopic (exact) mass is 571 g/mol. The molecular weight excluding hydrogens is 526 g/mol. The summed E-state index contributed by atoms with van der Waals surface area (Å²) in [5, 5.41) is 9.03. The minimum absolute atomic E-state index is 0.0126. The molecule has 3 aliphatic heterocycles. The molecule has 0 saturated carbocycles. The number of anilines is 2. The number of hydrogen-bond donors (Lipinski definition) is 2. The van der Waals surface area contributed by atoms with Gasteiger partial charge in [-0.15, -0.1) is 0 Å². The molecule has 0 aromatic carbocycles. The number of amides is 1. The molecule has 3 aliphatic rings. The zero-order chi connectivity index (χ0) is 28.9. The van der Waals surface area contributed by atoms with Gasteiger partial charge in [-0.25, -0.2) is 9.97 Å². The molecule has 0 aliphatic carbocycles. The highest BCUT2D eigenvalue weighted by Gasteiger charge is 2.31. The summed E-state index contributed by atoms with van der Waals surface area (Å²) in [7, 11) is 0. The number of nitrogens with zero attached hydrogens (tertiary/aromatic N) is 5. The number of carbonyl (C=O) groups excluding carboxylic acids is 1. The van der Waals surface area contributed by atoms with E-state index in [0.29, 0.717) is 12.6 Å². The fourth-order valence-corrected chi connectivity index (χ4v) is 6.60. The predicted molar refractivity (Wildman–Crippen MR) is 168 cm³/mol. The van der Waals surface area contributed by atoms with E-state index < -0.39 is 0 Å². The normalized spacial score (nSPS) is 19.6. The Morgan fingerprint density at radius 2 is 1.79 bits per heavy atom. The van der Waals surface area contributed by atoms with Gasteiger partial charge in [0.15, 0.2) is 0 Å². The van der Waals surface area contributed by atoms with Crippen LogP contribution in [0.25, 0.3) is 22.0 Å². The summed E-state index contributed by atoms with van der Waals surface area (Å²) < 4.78 is 5.51. The van der Waals surface area contributed by atoms with Crippen molar-refractivity contribution in [1.29, 1.82) is 0 Å². The first-order chi connectivity index (χ1) is 20.5. The number of piperidine rings is 2. The topological polar surface area (TPSA) is 95.5 Å². The minimum Gasteiger partial charge on any atom is -0.381 e. The average molecular weight is 572 g/mol. The van der Waals surface area contributed by atoms with Gasteiger partial charge < -0.3 is 20.3 Å². The van der Waals surface area contributed by atoms with Crippen molar-refractivity contribution in [1.82, 2.24) is 25.2 Å². The van der Waals surface area contributed by atoms with Crippen LogP contribution in [-0.4, -0.2) is 83.3 Å². The van der Waals surface area contributed by atoms with Crippen molar-refractivity contribution in [2.24, 2.45) is 5.92 Å². The van der Waals surface area contributed by atoms with Crippen LogP contribution in [0.3, 0.4) is 0 Å². The summed E-state index contributed by atoms with van der Waals surface area (Å²) in [5.41, 5.74) is 1.92. The first-order valence-electron chi connectivity index (χ1n) is 15.8. The minimum atomic E-state index is -0.0126. The second kappa shape index (κ2) is 12.9. The fraction of sp³-hybridized carbons (Fsp3) is 0.576. The molecule has 1 amide bonds. The number of hydrogen-bond acceptors (Lipinski definition) is 8. The third kappa shape index (κ3) is 6.68. The highest BCUT2D eigenvalue weighted by molar-refractivity contribution is 5.94. The Hall–Kier alpha value is -3.30. The summed E-state index contributed by atoms with van der Waals surface area (Å²) in [5.74, 6) is 2.06. The van der Waals surface area contributed by atoms with Crippen molar-refractivity contribution < 1.29 is 9.53 Å². The molecule has 0 radical (unpaired) electrons. The molecule has 0 atom stereocenters. The molecule has 2 N–H and O–H groups in total. The molecule has 9 nitrogen and oxygen atoms in total. The number of pyridine rings is 3. The van der Waals surface area contributed by atoms with Crippen LogP contribution in [0.1, 0.15) is 58.8 Å². The van der Waals surface area contributed by atoms with Crippen LogP contribution in [0.4, 0.5) is 11.6 Å². The molecule has 3 saturated heterocycles. The summed E-state index contributed by atoms with van der Waals surface area (Å²) >= 11 is 0. The maximum Gasteiger partial charge on any atom is 0.223 e. The van der Waals surface area contributed by atoms with Crippen molar-refractivity contribution in [3.63, 3.8) is 0 Å². The Kier molecular flexibility index (Phi) is 8.86. The lowest BCUT2D eigenvalue weighted by atomic mass is 9.94. The Balaban J connectivity index is 1.14. The van der Waals surface area contributed by atoms with E-state index in [9.17, 15) is 4.79 Å². The average Bonchev–Trinajstić information content (AvgIpc) is 3.04. The maximum absolute atomic E-state index is 13.2. The molecule has 0 bridgehead atoms. The van der Waals surface area contributed by atoms with Gasteiger partial charge in [-0.3, -0.25) is 14.7 Å². The number of ether oxygens (including phenoxy) is 1. The van der Waals surface area contributed by atoms with E-state index in [4.69, 9.17) is 9.72 Å². The Labute approximate surface area is 249 Å².